The van der Waals surface area contributed by atoms with Crippen LogP contribution < -0.4 is 0 Å². The monoisotopic (exact) mass is 150 g/mol. The number of allylic oxidation sites excluding steroid dienone is 6. The fourth-order valence-electron chi connectivity index (χ4n) is 0.620. The molecule has 0 aromatic carbocycles. The zero-order chi connectivity index (χ0) is 8.36. The molecule has 0 aromatic rings. The van der Waals surface area contributed by atoms with Gasteiger partial charge in [-0.05, 0) is 25.8 Å². The van der Waals surface area contributed by atoms with E-state index in [0.29, 0.717) is 0 Å². The van der Waals surface area contributed by atoms with Gasteiger partial charge in [-0.15, -0.1) is 0 Å². The van der Waals surface area contributed by atoms with Crippen LogP contribution >= 0.6 is 0 Å². The first kappa shape index (κ1) is 9.89. The molecule has 0 spiro atoms. The zero-order valence-electron chi connectivity index (χ0n) is 6.86. The van der Waals surface area contributed by atoms with Crippen molar-refractivity contribution in [1.29, 1.82) is 0 Å². The van der Waals surface area contributed by atoms with E-state index >= 15 is 0 Å². The molecule has 0 aliphatic carbocycles. The number of carbonyl (C=O) groups excluding carboxylic acids is 1. The standard InChI is InChI=1S/C10H14O/c1-2-3-4-5-6-7-8-9-10-11/h2-3,5-6,8-10H,4,7H2,1H3. The summed E-state index contributed by atoms with van der Waals surface area (Å²) in [5.74, 6) is 0. The summed E-state index contributed by atoms with van der Waals surface area (Å²) >= 11 is 0. The van der Waals surface area contributed by atoms with E-state index in [1.54, 1.807) is 0 Å². The SMILES string of the molecule is CC=CCC=CCC=CC=O. The molecule has 0 unspecified atom stereocenters. The summed E-state index contributed by atoms with van der Waals surface area (Å²) in [6.45, 7) is 2.00. The van der Waals surface area contributed by atoms with Gasteiger partial charge in [0.1, 0.15) is 6.29 Å². The molecule has 0 saturated heterocycles. The predicted molar refractivity (Wildman–Crippen MR) is 48.4 cm³/mol. The van der Waals surface area contributed by atoms with Gasteiger partial charge in [-0.1, -0.05) is 30.4 Å². The minimum absolute atomic E-state index is 0.791. The summed E-state index contributed by atoms with van der Waals surface area (Å²) in [7, 11) is 0. The largest absolute Gasteiger partial charge is 0.299 e. The zero-order valence-corrected chi connectivity index (χ0v) is 6.86. The normalized spacial score (nSPS) is 12.1. The lowest BCUT2D eigenvalue weighted by Crippen LogP contribution is -1.62. The molecule has 0 saturated carbocycles. The maximum absolute atomic E-state index is 9.82. The number of carbonyl (C=O) groups is 1. The quantitative estimate of drug-likeness (QED) is 0.334. The average Bonchev–Trinajstić information content (AvgIpc) is 2.03. The Kier molecular flexibility index (Phi) is 7.99. The number of hydrogen-bond acceptors (Lipinski definition) is 1. The van der Waals surface area contributed by atoms with E-state index in [1.165, 1.54) is 6.08 Å². The minimum Gasteiger partial charge on any atom is -0.299 e. The molecule has 0 rings (SSSR count). The number of aldehydes is 1. The van der Waals surface area contributed by atoms with Crippen molar-refractivity contribution in [2.24, 2.45) is 0 Å². The maximum atomic E-state index is 9.82. The summed E-state index contributed by atoms with van der Waals surface area (Å²) in [6, 6.07) is 0. The van der Waals surface area contributed by atoms with Crippen molar-refractivity contribution in [2.75, 3.05) is 0 Å². The van der Waals surface area contributed by atoms with Crippen LogP contribution in [0.15, 0.2) is 36.5 Å². The van der Waals surface area contributed by atoms with Crippen LogP contribution in [0.3, 0.4) is 0 Å². The topological polar surface area (TPSA) is 17.1 Å². The maximum Gasteiger partial charge on any atom is 0.142 e. The Labute approximate surface area is 68.1 Å². The second-order valence-corrected chi connectivity index (χ2v) is 2.08. The molecule has 0 atom stereocenters. The first-order valence-electron chi connectivity index (χ1n) is 3.78. The summed E-state index contributed by atoms with van der Waals surface area (Å²) in [6.07, 6.45) is 14.2. The van der Waals surface area contributed by atoms with Gasteiger partial charge in [-0.25, -0.2) is 0 Å². The third kappa shape index (κ3) is 8.89. The molecular formula is C10H14O. The lowest BCUT2D eigenvalue weighted by atomic mass is 10.3. The third-order valence-electron chi connectivity index (χ3n) is 1.16. The summed E-state index contributed by atoms with van der Waals surface area (Å²) in [5.41, 5.74) is 0. The molecule has 1 nitrogen and oxygen atoms in total. The highest BCUT2D eigenvalue weighted by Gasteiger charge is 1.70. The Hall–Kier alpha value is -1.11. The van der Waals surface area contributed by atoms with Crippen molar-refractivity contribution in [3.05, 3.63) is 36.5 Å². The first-order valence-corrected chi connectivity index (χ1v) is 3.78. The van der Waals surface area contributed by atoms with Gasteiger partial charge in [0.15, 0.2) is 0 Å². The van der Waals surface area contributed by atoms with Gasteiger partial charge in [-0.3, -0.25) is 4.79 Å². The average molecular weight is 150 g/mol. The Morgan fingerprint density at radius 1 is 1.00 bits per heavy atom. The summed E-state index contributed by atoms with van der Waals surface area (Å²) in [5, 5.41) is 0. The van der Waals surface area contributed by atoms with Gasteiger partial charge >= 0.3 is 0 Å². The number of hydrogen-bond donors (Lipinski definition) is 0. The molecule has 0 N–H and O–H groups in total. The van der Waals surface area contributed by atoms with Crippen molar-refractivity contribution in [1.82, 2.24) is 0 Å². The molecular weight excluding hydrogens is 136 g/mol. The van der Waals surface area contributed by atoms with Crippen LogP contribution in [-0.4, -0.2) is 6.29 Å². The Morgan fingerprint density at radius 2 is 1.64 bits per heavy atom. The molecule has 0 aliphatic heterocycles. The van der Waals surface area contributed by atoms with E-state index < -0.39 is 0 Å². The van der Waals surface area contributed by atoms with Crippen molar-refractivity contribution in [3.8, 4) is 0 Å². The van der Waals surface area contributed by atoms with E-state index in [2.05, 4.69) is 12.2 Å². The second-order valence-electron chi connectivity index (χ2n) is 2.08. The van der Waals surface area contributed by atoms with E-state index in [0.717, 1.165) is 19.1 Å². The fraction of sp³-hybridized carbons (Fsp3) is 0.300. The Bertz CT molecular complexity index is 164. The van der Waals surface area contributed by atoms with Gasteiger partial charge in [0.05, 0.1) is 0 Å². The second kappa shape index (κ2) is 8.89. The van der Waals surface area contributed by atoms with E-state index in [4.69, 9.17) is 0 Å². The highest BCUT2D eigenvalue weighted by Crippen LogP contribution is 1.89. The van der Waals surface area contributed by atoms with Gasteiger partial charge < -0.3 is 0 Å². The highest BCUT2D eigenvalue weighted by atomic mass is 16.1. The first-order chi connectivity index (χ1) is 5.41. The molecule has 0 amide bonds. The highest BCUT2D eigenvalue weighted by molar-refractivity contribution is 5.64. The molecule has 0 heterocycles. The smallest absolute Gasteiger partial charge is 0.142 e. The number of rotatable bonds is 5. The van der Waals surface area contributed by atoms with Crippen LogP contribution in [0.25, 0.3) is 0 Å². The van der Waals surface area contributed by atoms with Crippen molar-refractivity contribution >= 4 is 6.29 Å². The van der Waals surface area contributed by atoms with Crippen LogP contribution in [0.1, 0.15) is 19.8 Å². The van der Waals surface area contributed by atoms with Gasteiger partial charge in [0, 0.05) is 0 Å². The van der Waals surface area contributed by atoms with Gasteiger partial charge in [-0.2, -0.15) is 0 Å². The molecule has 11 heavy (non-hydrogen) atoms. The van der Waals surface area contributed by atoms with Crippen molar-refractivity contribution in [3.63, 3.8) is 0 Å². The molecule has 1 heteroatoms. The van der Waals surface area contributed by atoms with Crippen LogP contribution in [-0.2, 0) is 4.79 Å². The summed E-state index contributed by atoms with van der Waals surface area (Å²) < 4.78 is 0. The molecule has 60 valence electrons. The minimum atomic E-state index is 0.791. The molecule has 0 aliphatic rings. The van der Waals surface area contributed by atoms with Crippen molar-refractivity contribution < 1.29 is 4.79 Å². The van der Waals surface area contributed by atoms with Crippen LogP contribution in [0, 0.1) is 0 Å². The fourth-order valence-corrected chi connectivity index (χ4v) is 0.620. The van der Waals surface area contributed by atoms with E-state index in [1.807, 2.05) is 25.2 Å². The van der Waals surface area contributed by atoms with Crippen LogP contribution in [0.4, 0.5) is 0 Å². The van der Waals surface area contributed by atoms with Crippen LogP contribution in [0.5, 0.6) is 0 Å². The van der Waals surface area contributed by atoms with Crippen LogP contribution in [0.2, 0.25) is 0 Å². The molecule has 0 radical (unpaired) electrons. The predicted octanol–water partition coefficient (Wildman–Crippen LogP) is 2.65. The molecule has 0 bridgehead atoms. The van der Waals surface area contributed by atoms with Crippen molar-refractivity contribution in [2.45, 2.75) is 19.8 Å². The lowest BCUT2D eigenvalue weighted by Gasteiger charge is -1.80. The van der Waals surface area contributed by atoms with Gasteiger partial charge in [0.2, 0.25) is 0 Å². The third-order valence-corrected chi connectivity index (χ3v) is 1.16. The van der Waals surface area contributed by atoms with Gasteiger partial charge in [0.25, 0.3) is 0 Å². The lowest BCUT2D eigenvalue weighted by molar-refractivity contribution is -0.104. The summed E-state index contributed by atoms with van der Waals surface area (Å²) in [4.78, 5) is 9.82. The molecule has 0 aromatic heterocycles. The van der Waals surface area contributed by atoms with E-state index in [9.17, 15) is 4.79 Å². The van der Waals surface area contributed by atoms with E-state index in [-0.39, 0.29) is 0 Å². The Morgan fingerprint density at radius 3 is 2.18 bits per heavy atom. The molecule has 0 fully saturated rings. The Balaban J connectivity index is 3.29.